The second-order valence-electron chi connectivity index (χ2n) is 7.86. The monoisotopic (exact) mass is 408 g/mol. The van der Waals surface area contributed by atoms with Gasteiger partial charge < -0.3 is 10.2 Å². The number of hydrogen-bond acceptors (Lipinski definition) is 3. The number of carbonyl (C=O) groups is 1. The topological polar surface area (TPSA) is 46.4 Å². The van der Waals surface area contributed by atoms with Crippen molar-refractivity contribution in [2.75, 3.05) is 18.4 Å². The molecule has 0 bridgehead atoms. The van der Waals surface area contributed by atoms with Gasteiger partial charge in [-0.3, -0.25) is 4.79 Å². The van der Waals surface area contributed by atoms with Crippen LogP contribution in [-0.2, 0) is 17.6 Å². The largest absolute Gasteiger partial charge is 0.321 e. The van der Waals surface area contributed by atoms with Crippen LogP contribution in [-0.4, -0.2) is 24.0 Å². The van der Waals surface area contributed by atoms with Crippen LogP contribution in [0, 0.1) is 0 Å². The number of fused-ring (bicyclic) bond motifs is 1. The van der Waals surface area contributed by atoms with Crippen molar-refractivity contribution >= 4 is 33.1 Å². The molecular formula is C24H30N3OS+. The number of aromatic nitrogens is 1. The smallest absolute Gasteiger partial charge is 0.279 e. The first-order valence-electron chi connectivity index (χ1n) is 10.8. The van der Waals surface area contributed by atoms with Crippen LogP contribution in [0.5, 0.6) is 0 Å². The Morgan fingerprint density at radius 2 is 1.86 bits per heavy atom. The van der Waals surface area contributed by atoms with Crippen molar-refractivity contribution in [2.45, 2.75) is 52.0 Å². The lowest BCUT2D eigenvalue weighted by Gasteiger charge is -2.31. The zero-order valence-electron chi connectivity index (χ0n) is 17.3. The standard InChI is InChI=1S/C24H29N3OS/c1-3-17-10-9-11-18(4-2)23(17)26-22(28)16-27-15-8-7-13-20(27)24-25-19-12-5-6-14-21(19)29-24/h5-6,9-12,14,20H,3-4,7-8,13,15-16H2,1-2H3,(H,26,28)/p+1/t20-/m1/s1. The Bertz CT molecular complexity index is 941. The third kappa shape index (κ3) is 4.36. The van der Waals surface area contributed by atoms with Crippen molar-refractivity contribution in [2.24, 2.45) is 0 Å². The van der Waals surface area contributed by atoms with Crippen LogP contribution in [0.15, 0.2) is 42.5 Å². The molecule has 2 heterocycles. The fourth-order valence-electron chi connectivity index (χ4n) is 4.42. The summed E-state index contributed by atoms with van der Waals surface area (Å²) in [6.07, 6.45) is 5.34. The molecule has 4 nitrogen and oxygen atoms in total. The summed E-state index contributed by atoms with van der Waals surface area (Å²) in [6.45, 7) is 5.82. The van der Waals surface area contributed by atoms with Gasteiger partial charge in [0.15, 0.2) is 11.6 Å². The van der Waals surface area contributed by atoms with Crippen molar-refractivity contribution in [3.05, 3.63) is 58.6 Å². The van der Waals surface area contributed by atoms with Gasteiger partial charge in [-0.2, -0.15) is 0 Å². The lowest BCUT2D eigenvalue weighted by atomic mass is 10.0. The number of aryl methyl sites for hydroxylation is 2. The maximum Gasteiger partial charge on any atom is 0.279 e. The number of piperidine rings is 1. The van der Waals surface area contributed by atoms with Gasteiger partial charge in [0.2, 0.25) is 0 Å². The molecule has 1 unspecified atom stereocenters. The molecule has 0 aliphatic carbocycles. The zero-order valence-corrected chi connectivity index (χ0v) is 18.1. The lowest BCUT2D eigenvalue weighted by Crippen LogP contribution is -3.14. The summed E-state index contributed by atoms with van der Waals surface area (Å²) in [7, 11) is 0. The molecule has 5 heteroatoms. The maximum absolute atomic E-state index is 13.0. The number of thiazole rings is 1. The SMILES string of the molecule is CCc1cccc(CC)c1NC(=O)C[NH+]1CCCC[C@@H]1c1nc2ccccc2s1. The van der Waals surface area contributed by atoms with Gasteiger partial charge in [-0.15, -0.1) is 11.3 Å². The Labute approximate surface area is 177 Å². The molecule has 29 heavy (non-hydrogen) atoms. The molecule has 1 fully saturated rings. The van der Waals surface area contributed by atoms with Crippen molar-refractivity contribution in [3.63, 3.8) is 0 Å². The zero-order chi connectivity index (χ0) is 20.2. The molecule has 0 radical (unpaired) electrons. The molecule has 0 spiro atoms. The molecule has 4 rings (SSSR count). The number of amides is 1. The summed E-state index contributed by atoms with van der Waals surface area (Å²) in [5, 5.41) is 4.43. The number of nitrogens with zero attached hydrogens (tertiary/aromatic N) is 1. The molecule has 2 N–H and O–H groups in total. The van der Waals surface area contributed by atoms with E-state index in [1.165, 1.54) is 38.6 Å². The van der Waals surface area contributed by atoms with E-state index in [1.54, 1.807) is 11.3 Å². The Balaban J connectivity index is 1.52. The summed E-state index contributed by atoms with van der Waals surface area (Å²) in [4.78, 5) is 19.3. The third-order valence-corrected chi connectivity index (χ3v) is 7.14. The third-order valence-electron chi connectivity index (χ3n) is 5.99. The molecular weight excluding hydrogens is 378 g/mol. The number of nitrogens with one attached hydrogen (secondary N) is 2. The Hall–Kier alpha value is -2.24. The van der Waals surface area contributed by atoms with Crippen molar-refractivity contribution in [3.8, 4) is 0 Å². The summed E-state index contributed by atoms with van der Waals surface area (Å²) < 4.78 is 1.24. The lowest BCUT2D eigenvalue weighted by molar-refractivity contribution is -0.929. The Morgan fingerprint density at radius 3 is 2.59 bits per heavy atom. The number of benzene rings is 2. The quantitative estimate of drug-likeness (QED) is 0.643. The summed E-state index contributed by atoms with van der Waals surface area (Å²) in [5.41, 5.74) is 4.53. The number of carbonyl (C=O) groups excluding carboxylic acids is 1. The van der Waals surface area contributed by atoms with Crippen LogP contribution in [0.25, 0.3) is 10.2 Å². The fraction of sp³-hybridized carbons (Fsp3) is 0.417. The van der Waals surface area contributed by atoms with Crippen molar-refractivity contribution < 1.29 is 9.69 Å². The minimum Gasteiger partial charge on any atom is -0.321 e. The number of para-hydroxylation sites is 2. The first-order chi connectivity index (χ1) is 14.2. The van der Waals surface area contributed by atoms with Crippen molar-refractivity contribution in [1.29, 1.82) is 0 Å². The number of quaternary nitrogens is 1. The van der Waals surface area contributed by atoms with E-state index < -0.39 is 0 Å². The first kappa shape index (κ1) is 20.0. The van der Waals surface area contributed by atoms with Crippen LogP contribution in [0.1, 0.15) is 55.3 Å². The van der Waals surface area contributed by atoms with E-state index in [9.17, 15) is 4.79 Å². The first-order valence-corrected chi connectivity index (χ1v) is 11.6. The molecule has 1 saturated heterocycles. The molecule has 3 aromatic rings. The minimum atomic E-state index is 0.114. The minimum absolute atomic E-state index is 0.114. The van der Waals surface area contributed by atoms with Gasteiger partial charge in [0.05, 0.1) is 16.8 Å². The highest BCUT2D eigenvalue weighted by molar-refractivity contribution is 7.18. The van der Waals surface area contributed by atoms with Gasteiger partial charge in [-0.05, 0) is 48.9 Å². The summed E-state index contributed by atoms with van der Waals surface area (Å²) >= 11 is 1.79. The molecule has 1 aliphatic rings. The second kappa shape index (κ2) is 9.06. The molecule has 152 valence electrons. The molecule has 1 amide bonds. The molecule has 2 aromatic carbocycles. The van der Waals surface area contributed by atoms with Crippen LogP contribution >= 0.6 is 11.3 Å². The number of rotatable bonds is 6. The van der Waals surface area contributed by atoms with Gasteiger partial charge >= 0.3 is 0 Å². The number of anilines is 1. The second-order valence-corrected chi connectivity index (χ2v) is 8.92. The van der Waals surface area contributed by atoms with Gasteiger partial charge in [0.25, 0.3) is 5.91 Å². The van der Waals surface area contributed by atoms with Crippen LogP contribution in [0.3, 0.4) is 0 Å². The van der Waals surface area contributed by atoms with Crippen molar-refractivity contribution in [1.82, 2.24) is 4.98 Å². The van der Waals surface area contributed by atoms with Crippen LogP contribution < -0.4 is 10.2 Å². The average molecular weight is 409 g/mol. The molecule has 1 aliphatic heterocycles. The molecule has 1 aromatic heterocycles. The van der Waals surface area contributed by atoms with E-state index in [4.69, 9.17) is 4.98 Å². The van der Waals surface area contributed by atoms with Gasteiger partial charge in [0.1, 0.15) is 6.04 Å². The highest BCUT2D eigenvalue weighted by Gasteiger charge is 2.32. The van der Waals surface area contributed by atoms with Crippen LogP contribution in [0.2, 0.25) is 0 Å². The number of likely N-dealkylation sites (tertiary alicyclic amines) is 1. The summed E-state index contributed by atoms with van der Waals surface area (Å²) in [6, 6.07) is 15.0. The van der Waals surface area contributed by atoms with E-state index in [0.29, 0.717) is 12.6 Å². The highest BCUT2D eigenvalue weighted by atomic mass is 32.1. The number of hydrogen-bond donors (Lipinski definition) is 2. The van der Waals surface area contributed by atoms with E-state index in [2.05, 4.69) is 55.6 Å². The normalized spacial score (nSPS) is 19.4. The molecule has 2 atom stereocenters. The average Bonchev–Trinajstić information content (AvgIpc) is 3.18. The van der Waals surface area contributed by atoms with Crippen LogP contribution in [0.4, 0.5) is 5.69 Å². The van der Waals surface area contributed by atoms with E-state index in [0.717, 1.165) is 37.0 Å². The predicted octanol–water partition coefficient (Wildman–Crippen LogP) is 4.17. The molecule has 0 saturated carbocycles. The van der Waals surface area contributed by atoms with E-state index in [1.807, 2.05) is 6.07 Å². The highest BCUT2D eigenvalue weighted by Crippen LogP contribution is 2.28. The van der Waals surface area contributed by atoms with Gasteiger partial charge in [-0.25, -0.2) is 4.98 Å². The van der Waals surface area contributed by atoms with E-state index >= 15 is 0 Å². The fourth-order valence-corrected chi connectivity index (χ4v) is 5.58. The predicted molar refractivity (Wildman–Crippen MR) is 121 cm³/mol. The van der Waals surface area contributed by atoms with E-state index in [-0.39, 0.29) is 5.91 Å². The maximum atomic E-state index is 13.0. The Morgan fingerprint density at radius 1 is 1.10 bits per heavy atom. The Kier molecular flexibility index (Phi) is 6.26. The van der Waals surface area contributed by atoms with Gasteiger partial charge in [-0.1, -0.05) is 44.2 Å². The summed E-state index contributed by atoms with van der Waals surface area (Å²) in [5.74, 6) is 0.114. The van der Waals surface area contributed by atoms with Gasteiger partial charge in [0, 0.05) is 12.1 Å².